The van der Waals surface area contributed by atoms with Gasteiger partial charge in [-0.3, -0.25) is 4.79 Å². The Morgan fingerprint density at radius 1 is 0.905 bits per heavy atom. The van der Waals surface area contributed by atoms with Crippen molar-refractivity contribution in [2.75, 3.05) is 7.11 Å². The van der Waals surface area contributed by atoms with Crippen LogP contribution >= 0.6 is 0 Å². The van der Waals surface area contributed by atoms with E-state index in [1.807, 2.05) is 24.3 Å². The number of aryl methyl sites for hydroxylation is 1. The third-order valence-corrected chi connectivity index (χ3v) is 3.33. The molecule has 0 saturated carbocycles. The number of rotatable bonds is 6. The lowest BCUT2D eigenvalue weighted by molar-refractivity contribution is -0.116. The Morgan fingerprint density at radius 3 is 1.90 bits per heavy atom. The summed E-state index contributed by atoms with van der Waals surface area (Å²) >= 11 is 0. The second kappa shape index (κ2) is 6.84. The van der Waals surface area contributed by atoms with E-state index in [9.17, 15) is 9.59 Å². The molecule has 21 heavy (non-hydrogen) atoms. The summed E-state index contributed by atoms with van der Waals surface area (Å²) in [6.45, 7) is 1.58. The van der Waals surface area contributed by atoms with Crippen molar-refractivity contribution in [3.05, 3.63) is 65.2 Å². The van der Waals surface area contributed by atoms with Crippen molar-refractivity contribution >= 4 is 11.6 Å². The number of Topliss-reactive ketones (excluding diaryl/α,β-unsaturated/α-hetero) is 1. The van der Waals surface area contributed by atoms with E-state index < -0.39 is 0 Å². The Hall–Kier alpha value is -2.42. The van der Waals surface area contributed by atoms with Crippen molar-refractivity contribution < 1.29 is 14.3 Å². The molecule has 0 amide bonds. The number of carbonyl (C=O) groups is 2. The molecule has 0 unspecified atom stereocenters. The molecule has 0 spiro atoms. The van der Waals surface area contributed by atoms with E-state index in [-0.39, 0.29) is 11.6 Å². The quantitative estimate of drug-likeness (QED) is 0.762. The Bertz CT molecular complexity index is 625. The molecular weight excluding hydrogens is 264 g/mol. The van der Waals surface area contributed by atoms with Crippen LogP contribution in [0.25, 0.3) is 0 Å². The van der Waals surface area contributed by atoms with Gasteiger partial charge in [-0.25, -0.2) is 0 Å². The highest BCUT2D eigenvalue weighted by atomic mass is 16.5. The lowest BCUT2D eigenvalue weighted by Crippen LogP contribution is -2.02. The van der Waals surface area contributed by atoms with Gasteiger partial charge in [-0.1, -0.05) is 24.3 Å². The zero-order valence-corrected chi connectivity index (χ0v) is 12.3. The summed E-state index contributed by atoms with van der Waals surface area (Å²) < 4.78 is 5.08. The molecule has 0 N–H and O–H groups in total. The Balaban J connectivity index is 2.09. The maximum atomic E-state index is 12.3. The van der Waals surface area contributed by atoms with Gasteiger partial charge in [-0.05, 0) is 43.2 Å². The van der Waals surface area contributed by atoms with Gasteiger partial charge in [0.25, 0.3) is 0 Å². The second-order valence-electron chi connectivity index (χ2n) is 4.96. The average molecular weight is 282 g/mol. The summed E-state index contributed by atoms with van der Waals surface area (Å²) in [6, 6.07) is 14.5. The molecule has 0 aliphatic carbocycles. The van der Waals surface area contributed by atoms with Crippen LogP contribution in [0.1, 0.15) is 34.8 Å². The van der Waals surface area contributed by atoms with Gasteiger partial charge in [-0.2, -0.15) is 0 Å². The summed E-state index contributed by atoms with van der Waals surface area (Å²) in [5.74, 6) is 0.885. The Kier molecular flexibility index (Phi) is 4.88. The number of hydrogen-bond donors (Lipinski definition) is 0. The fourth-order valence-electron chi connectivity index (χ4n) is 2.05. The maximum absolute atomic E-state index is 12.3. The monoisotopic (exact) mass is 282 g/mol. The summed E-state index contributed by atoms with van der Waals surface area (Å²) in [5.41, 5.74) is 2.34. The smallest absolute Gasteiger partial charge is 0.193 e. The predicted octanol–water partition coefficient (Wildman–Crippen LogP) is 3.45. The minimum Gasteiger partial charge on any atom is -0.497 e. The number of ether oxygens (including phenoxy) is 1. The zero-order valence-electron chi connectivity index (χ0n) is 12.3. The average Bonchev–Trinajstić information content (AvgIpc) is 2.53. The Morgan fingerprint density at radius 2 is 1.43 bits per heavy atom. The van der Waals surface area contributed by atoms with Crippen LogP contribution in [-0.2, 0) is 11.2 Å². The molecule has 2 rings (SSSR count). The van der Waals surface area contributed by atoms with Gasteiger partial charge in [0.05, 0.1) is 7.11 Å². The first-order valence-electron chi connectivity index (χ1n) is 6.87. The lowest BCUT2D eigenvalue weighted by Gasteiger charge is -2.05. The van der Waals surface area contributed by atoms with Gasteiger partial charge in [0.15, 0.2) is 5.78 Å². The number of ketones is 2. The molecule has 0 atom stereocenters. The third-order valence-electron chi connectivity index (χ3n) is 3.33. The van der Waals surface area contributed by atoms with Crippen molar-refractivity contribution in [1.29, 1.82) is 0 Å². The van der Waals surface area contributed by atoms with Gasteiger partial charge in [0.2, 0.25) is 0 Å². The molecule has 0 saturated heterocycles. The third kappa shape index (κ3) is 4.02. The Labute approximate surface area is 124 Å². The van der Waals surface area contributed by atoms with Crippen LogP contribution in [0.2, 0.25) is 0 Å². The van der Waals surface area contributed by atoms with Crippen molar-refractivity contribution in [2.45, 2.75) is 19.8 Å². The summed E-state index contributed by atoms with van der Waals surface area (Å²) in [6.07, 6.45) is 1.25. The van der Waals surface area contributed by atoms with Crippen molar-refractivity contribution in [3.8, 4) is 5.75 Å². The predicted molar refractivity (Wildman–Crippen MR) is 81.9 cm³/mol. The molecule has 2 aromatic rings. The number of carbonyl (C=O) groups excluding carboxylic acids is 2. The van der Waals surface area contributed by atoms with Crippen molar-refractivity contribution in [1.82, 2.24) is 0 Å². The summed E-state index contributed by atoms with van der Waals surface area (Å²) in [4.78, 5) is 23.3. The highest BCUT2D eigenvalue weighted by Crippen LogP contribution is 2.16. The first-order valence-corrected chi connectivity index (χ1v) is 6.87. The molecule has 0 aromatic heterocycles. The molecule has 0 heterocycles. The molecule has 0 bridgehead atoms. The lowest BCUT2D eigenvalue weighted by atomic mass is 10.0. The molecule has 0 aliphatic rings. The molecule has 0 radical (unpaired) electrons. The zero-order chi connectivity index (χ0) is 15.2. The number of methoxy groups -OCH3 is 1. The van der Waals surface area contributed by atoms with E-state index in [0.717, 1.165) is 11.3 Å². The van der Waals surface area contributed by atoms with Gasteiger partial charge in [0, 0.05) is 17.5 Å². The van der Waals surface area contributed by atoms with E-state index >= 15 is 0 Å². The van der Waals surface area contributed by atoms with Crippen LogP contribution in [-0.4, -0.2) is 18.7 Å². The minimum absolute atomic E-state index is 0.0178. The number of hydrogen-bond acceptors (Lipinski definition) is 3. The summed E-state index contributed by atoms with van der Waals surface area (Å²) in [7, 11) is 1.59. The minimum atomic E-state index is -0.0178. The molecule has 0 fully saturated rings. The highest BCUT2D eigenvalue weighted by Gasteiger charge is 2.09. The van der Waals surface area contributed by atoms with E-state index in [1.165, 1.54) is 0 Å². The largest absolute Gasteiger partial charge is 0.497 e. The van der Waals surface area contributed by atoms with Gasteiger partial charge >= 0.3 is 0 Å². The molecule has 0 aliphatic heterocycles. The van der Waals surface area contributed by atoms with E-state index in [0.29, 0.717) is 24.0 Å². The maximum Gasteiger partial charge on any atom is 0.193 e. The number of benzene rings is 2. The molecule has 2 aromatic carbocycles. The van der Waals surface area contributed by atoms with Gasteiger partial charge in [-0.15, -0.1) is 0 Å². The highest BCUT2D eigenvalue weighted by molar-refractivity contribution is 6.09. The molecule has 3 heteroatoms. The molecular formula is C18H18O3. The van der Waals surface area contributed by atoms with Gasteiger partial charge in [0.1, 0.15) is 11.5 Å². The van der Waals surface area contributed by atoms with Crippen LogP contribution < -0.4 is 4.74 Å². The first kappa shape index (κ1) is 15.0. The first-order chi connectivity index (χ1) is 10.1. The van der Waals surface area contributed by atoms with E-state index in [2.05, 4.69) is 0 Å². The van der Waals surface area contributed by atoms with Crippen molar-refractivity contribution in [2.24, 2.45) is 0 Å². The fraction of sp³-hybridized carbons (Fsp3) is 0.222. The second-order valence-corrected chi connectivity index (χ2v) is 4.96. The van der Waals surface area contributed by atoms with E-state index in [4.69, 9.17) is 4.74 Å². The van der Waals surface area contributed by atoms with Crippen LogP contribution in [0.5, 0.6) is 5.75 Å². The summed E-state index contributed by atoms with van der Waals surface area (Å²) in [5, 5.41) is 0. The fourth-order valence-corrected chi connectivity index (χ4v) is 2.05. The van der Waals surface area contributed by atoms with Crippen LogP contribution in [0.3, 0.4) is 0 Å². The van der Waals surface area contributed by atoms with Gasteiger partial charge < -0.3 is 9.53 Å². The standard InChI is InChI=1S/C18H18O3/c1-13(19)3-4-14-5-7-15(8-6-14)18(20)16-9-11-17(21-2)12-10-16/h5-12H,3-4H2,1-2H3. The van der Waals surface area contributed by atoms with Crippen LogP contribution in [0, 0.1) is 0 Å². The SMILES string of the molecule is COc1ccc(C(=O)c2ccc(CCC(C)=O)cc2)cc1. The van der Waals surface area contributed by atoms with Crippen LogP contribution in [0.15, 0.2) is 48.5 Å². The van der Waals surface area contributed by atoms with E-state index in [1.54, 1.807) is 38.3 Å². The van der Waals surface area contributed by atoms with Crippen molar-refractivity contribution in [3.63, 3.8) is 0 Å². The topological polar surface area (TPSA) is 43.4 Å². The molecule has 3 nitrogen and oxygen atoms in total. The van der Waals surface area contributed by atoms with Crippen LogP contribution in [0.4, 0.5) is 0 Å². The normalized spacial score (nSPS) is 10.2. The molecule has 108 valence electrons.